The summed E-state index contributed by atoms with van der Waals surface area (Å²) in [5, 5.41) is 0. The van der Waals surface area contributed by atoms with Gasteiger partial charge in [-0.1, -0.05) is 39.8 Å². The molecule has 0 aromatic rings. The average Bonchev–Trinajstić information content (AvgIpc) is 1.99. The van der Waals surface area contributed by atoms with Gasteiger partial charge in [0.1, 0.15) is 5.78 Å². The number of Topliss-reactive ketones (excluding diaryl/α,β-unsaturated/α-hetero) is 1. The van der Waals surface area contributed by atoms with Crippen LogP contribution in [0.1, 0.15) is 40.5 Å². The van der Waals surface area contributed by atoms with Crippen LogP contribution in [0.5, 0.6) is 0 Å². The van der Waals surface area contributed by atoms with Crippen molar-refractivity contribution in [2.75, 3.05) is 5.75 Å². The van der Waals surface area contributed by atoms with Crippen molar-refractivity contribution in [1.82, 2.24) is 0 Å². The maximum absolute atomic E-state index is 11.4. The second-order valence-corrected chi connectivity index (χ2v) is 6.02. The van der Waals surface area contributed by atoms with Crippen LogP contribution in [-0.2, 0) is 4.79 Å². The minimum atomic E-state index is 0.184. The lowest BCUT2D eigenvalue weighted by atomic mass is 10.1. The second kappa shape index (κ2) is 5.48. The maximum atomic E-state index is 11.4. The lowest BCUT2D eigenvalue weighted by Crippen LogP contribution is -2.13. The fraction of sp³-hybridized carbons (Fsp3) is 0.727. The molecule has 0 spiro atoms. The van der Waals surface area contributed by atoms with Gasteiger partial charge in [-0.25, -0.2) is 0 Å². The summed E-state index contributed by atoms with van der Waals surface area (Å²) in [6.07, 6.45) is 1.46. The molecule has 0 aliphatic heterocycles. The van der Waals surface area contributed by atoms with Crippen LogP contribution in [0.2, 0.25) is 0 Å². The lowest BCUT2D eigenvalue weighted by Gasteiger charge is -2.16. The van der Waals surface area contributed by atoms with Gasteiger partial charge in [0.2, 0.25) is 0 Å². The molecule has 0 aliphatic rings. The van der Waals surface area contributed by atoms with Crippen LogP contribution < -0.4 is 0 Å². The van der Waals surface area contributed by atoms with Gasteiger partial charge >= 0.3 is 0 Å². The molecule has 0 aromatic carbocycles. The number of hydrogen-bond donors (Lipinski definition) is 0. The number of carbonyl (C=O) groups is 1. The number of ketones is 1. The summed E-state index contributed by atoms with van der Waals surface area (Å²) >= 11 is 1.70. The van der Waals surface area contributed by atoms with Crippen molar-refractivity contribution >= 4 is 17.5 Å². The molecule has 0 radical (unpaired) electrons. The van der Waals surface area contributed by atoms with Crippen molar-refractivity contribution in [3.8, 4) is 0 Å². The smallest absolute Gasteiger partial charge is 0.146 e. The normalized spacial score (nSPS) is 11.4. The zero-order chi connectivity index (χ0) is 10.5. The largest absolute Gasteiger partial charge is 0.298 e. The molecule has 76 valence electrons. The molecule has 0 aromatic heterocycles. The molecule has 13 heavy (non-hydrogen) atoms. The Labute approximate surface area is 86.0 Å². The number of allylic oxidation sites excluding steroid dienone is 1. The van der Waals surface area contributed by atoms with Gasteiger partial charge in [0.05, 0.1) is 5.75 Å². The van der Waals surface area contributed by atoms with E-state index in [0.29, 0.717) is 18.0 Å². The predicted octanol–water partition coefficient (Wildman–Crippen LogP) is 3.44. The fourth-order valence-corrected chi connectivity index (χ4v) is 1.45. The molecule has 0 N–H and O–H groups in total. The Hall–Kier alpha value is -0.240. The molecular formula is C11H20OS. The molecule has 2 heteroatoms. The Balaban J connectivity index is 3.70. The van der Waals surface area contributed by atoms with Gasteiger partial charge in [-0.05, 0) is 6.42 Å². The zero-order valence-corrected chi connectivity index (χ0v) is 9.96. The fourth-order valence-electron chi connectivity index (χ4n) is 0.752. The third kappa shape index (κ3) is 8.10. The first-order chi connectivity index (χ1) is 5.85. The molecule has 0 heterocycles. The van der Waals surface area contributed by atoms with Gasteiger partial charge in [0.25, 0.3) is 0 Å². The quantitative estimate of drug-likeness (QED) is 0.632. The van der Waals surface area contributed by atoms with Gasteiger partial charge in [0, 0.05) is 11.2 Å². The summed E-state index contributed by atoms with van der Waals surface area (Å²) in [6.45, 7) is 12.2. The summed E-state index contributed by atoms with van der Waals surface area (Å²) in [5.41, 5.74) is 1.04. The highest BCUT2D eigenvalue weighted by molar-refractivity contribution is 8.01. The second-order valence-electron chi connectivity index (χ2n) is 4.22. The van der Waals surface area contributed by atoms with Gasteiger partial charge in [0.15, 0.2) is 0 Å². The summed E-state index contributed by atoms with van der Waals surface area (Å²) in [7, 11) is 0. The van der Waals surface area contributed by atoms with E-state index in [2.05, 4.69) is 27.4 Å². The molecule has 1 nitrogen and oxygen atoms in total. The van der Waals surface area contributed by atoms with Crippen LogP contribution in [0.4, 0.5) is 0 Å². The molecule has 0 bridgehead atoms. The first-order valence-corrected chi connectivity index (χ1v) is 5.66. The van der Waals surface area contributed by atoms with Crippen LogP contribution in [-0.4, -0.2) is 16.3 Å². The molecule has 0 saturated carbocycles. The van der Waals surface area contributed by atoms with Gasteiger partial charge in [-0.3, -0.25) is 4.79 Å². The summed E-state index contributed by atoms with van der Waals surface area (Å²) in [5.74, 6) is 0.912. The van der Waals surface area contributed by atoms with E-state index in [9.17, 15) is 4.79 Å². The maximum Gasteiger partial charge on any atom is 0.146 e. The van der Waals surface area contributed by atoms with E-state index < -0.39 is 0 Å². The molecule has 0 aliphatic carbocycles. The third-order valence-electron chi connectivity index (χ3n) is 1.61. The number of hydrogen-bond acceptors (Lipinski definition) is 2. The molecule has 0 rings (SSSR count). The third-order valence-corrected chi connectivity index (χ3v) is 2.95. The van der Waals surface area contributed by atoms with E-state index in [1.165, 1.54) is 0 Å². The van der Waals surface area contributed by atoms with E-state index in [4.69, 9.17) is 0 Å². The summed E-state index contributed by atoms with van der Waals surface area (Å²) in [6, 6.07) is 0. The van der Waals surface area contributed by atoms with Crippen molar-refractivity contribution in [3.63, 3.8) is 0 Å². The Morgan fingerprint density at radius 2 is 1.92 bits per heavy atom. The summed E-state index contributed by atoms with van der Waals surface area (Å²) in [4.78, 5) is 11.4. The van der Waals surface area contributed by atoms with Gasteiger partial charge in [-0.15, -0.1) is 11.8 Å². The highest BCUT2D eigenvalue weighted by Gasteiger charge is 2.13. The molecule has 0 amide bonds. The first kappa shape index (κ1) is 12.8. The Morgan fingerprint density at radius 1 is 1.38 bits per heavy atom. The Morgan fingerprint density at radius 3 is 2.31 bits per heavy atom. The van der Waals surface area contributed by atoms with Crippen LogP contribution in [0.25, 0.3) is 0 Å². The minimum absolute atomic E-state index is 0.184. The van der Waals surface area contributed by atoms with Crippen molar-refractivity contribution in [2.45, 2.75) is 45.3 Å². The highest BCUT2D eigenvalue weighted by atomic mass is 32.2. The topological polar surface area (TPSA) is 17.1 Å². The number of thioether (sulfide) groups is 1. The van der Waals surface area contributed by atoms with E-state index in [1.807, 2.05) is 6.92 Å². The van der Waals surface area contributed by atoms with Crippen LogP contribution >= 0.6 is 11.8 Å². The molecule has 0 fully saturated rings. The molecule has 0 saturated heterocycles. The molecule has 0 unspecified atom stereocenters. The first-order valence-electron chi connectivity index (χ1n) is 4.67. The predicted molar refractivity (Wildman–Crippen MR) is 61.3 cm³/mol. The van der Waals surface area contributed by atoms with Gasteiger partial charge < -0.3 is 0 Å². The Kier molecular flexibility index (Phi) is 5.38. The van der Waals surface area contributed by atoms with Crippen molar-refractivity contribution in [2.24, 2.45) is 0 Å². The minimum Gasteiger partial charge on any atom is -0.298 e. The monoisotopic (exact) mass is 200 g/mol. The van der Waals surface area contributed by atoms with E-state index >= 15 is 0 Å². The van der Waals surface area contributed by atoms with Crippen molar-refractivity contribution < 1.29 is 4.79 Å². The molecule has 0 atom stereocenters. The Bertz CT molecular complexity index is 189. The zero-order valence-electron chi connectivity index (χ0n) is 9.14. The van der Waals surface area contributed by atoms with E-state index in [-0.39, 0.29) is 4.75 Å². The van der Waals surface area contributed by atoms with Gasteiger partial charge in [-0.2, -0.15) is 0 Å². The summed E-state index contributed by atoms with van der Waals surface area (Å²) < 4.78 is 0.184. The standard InChI is InChI=1S/C11H20OS/c1-6-9(2)7-10(12)8-13-11(3,4)5/h2,6-8H2,1,3-5H3. The van der Waals surface area contributed by atoms with Crippen LogP contribution in [0, 0.1) is 0 Å². The lowest BCUT2D eigenvalue weighted by molar-refractivity contribution is -0.116. The average molecular weight is 200 g/mol. The number of carbonyl (C=O) groups excluding carboxylic acids is 1. The number of rotatable bonds is 5. The van der Waals surface area contributed by atoms with Crippen LogP contribution in [0.15, 0.2) is 12.2 Å². The SMILES string of the molecule is C=C(CC)CC(=O)CSC(C)(C)C. The highest BCUT2D eigenvalue weighted by Crippen LogP contribution is 2.23. The van der Waals surface area contributed by atoms with Crippen LogP contribution in [0.3, 0.4) is 0 Å². The van der Waals surface area contributed by atoms with E-state index in [0.717, 1.165) is 12.0 Å². The van der Waals surface area contributed by atoms with Crippen molar-refractivity contribution in [3.05, 3.63) is 12.2 Å². The van der Waals surface area contributed by atoms with E-state index in [1.54, 1.807) is 11.8 Å². The van der Waals surface area contributed by atoms with Crippen molar-refractivity contribution in [1.29, 1.82) is 0 Å². The molecular weight excluding hydrogens is 180 g/mol.